The summed E-state index contributed by atoms with van der Waals surface area (Å²) in [7, 11) is 1.62. The Bertz CT molecular complexity index is 272. The number of hydrogen-bond acceptors (Lipinski definition) is 7. The van der Waals surface area contributed by atoms with Crippen LogP contribution in [0.25, 0.3) is 0 Å². The second-order valence-corrected chi connectivity index (χ2v) is 6.02. The zero-order valence-electron chi connectivity index (χ0n) is 10.4. The second kappa shape index (κ2) is 9.52. The van der Waals surface area contributed by atoms with Gasteiger partial charge in [0.2, 0.25) is 0 Å². The summed E-state index contributed by atoms with van der Waals surface area (Å²) in [4.78, 5) is 22.7. The fourth-order valence-corrected chi connectivity index (χ4v) is 3.39. The number of cyclic esters (lactones) is 2. The van der Waals surface area contributed by atoms with Crippen LogP contribution < -0.4 is 0 Å². The van der Waals surface area contributed by atoms with E-state index < -0.39 is 0 Å². The van der Waals surface area contributed by atoms with Gasteiger partial charge in [0.25, 0.3) is 0 Å². The van der Waals surface area contributed by atoms with Gasteiger partial charge in [0, 0.05) is 24.5 Å². The maximum atomic E-state index is 11.4. The first kappa shape index (κ1) is 15.7. The van der Waals surface area contributed by atoms with E-state index in [4.69, 9.17) is 14.2 Å². The van der Waals surface area contributed by atoms with Crippen molar-refractivity contribution < 1.29 is 23.8 Å². The van der Waals surface area contributed by atoms with Crippen molar-refractivity contribution in [2.24, 2.45) is 0 Å². The lowest BCUT2D eigenvalue weighted by Gasteiger charge is -2.14. The first-order valence-electron chi connectivity index (χ1n) is 5.72. The summed E-state index contributed by atoms with van der Waals surface area (Å²) in [6.45, 7) is 1.16. The molecule has 0 aromatic rings. The Kier molecular flexibility index (Phi) is 8.28. The molecule has 1 heterocycles. The third-order valence-electron chi connectivity index (χ3n) is 2.13. The Hall–Kier alpha value is -0.400. The SMILES string of the molecule is COCC1CSCC(=O)OCCCOC(=O)CS1. The largest absolute Gasteiger partial charge is 0.465 e. The molecule has 1 aliphatic rings. The lowest BCUT2D eigenvalue weighted by atomic mass is 10.5. The van der Waals surface area contributed by atoms with Gasteiger partial charge in [-0.2, -0.15) is 0 Å². The number of hydrogen-bond donors (Lipinski definition) is 0. The molecule has 1 unspecified atom stereocenters. The van der Waals surface area contributed by atoms with Gasteiger partial charge < -0.3 is 14.2 Å². The Balaban J connectivity index is 2.43. The van der Waals surface area contributed by atoms with Crippen molar-refractivity contribution in [1.82, 2.24) is 0 Å². The highest BCUT2D eigenvalue weighted by Crippen LogP contribution is 2.18. The fraction of sp³-hybridized carbons (Fsp3) is 0.818. The third-order valence-corrected chi connectivity index (χ3v) is 4.59. The van der Waals surface area contributed by atoms with Crippen LogP contribution in [0.3, 0.4) is 0 Å². The molecule has 7 heteroatoms. The molecule has 1 aliphatic heterocycles. The summed E-state index contributed by atoms with van der Waals surface area (Å²) in [5, 5.41) is 0.182. The average molecular weight is 294 g/mol. The number of esters is 2. The monoisotopic (exact) mass is 294 g/mol. The van der Waals surface area contributed by atoms with Gasteiger partial charge in [-0.25, -0.2) is 0 Å². The summed E-state index contributed by atoms with van der Waals surface area (Å²) in [5.41, 5.74) is 0. The van der Waals surface area contributed by atoms with E-state index in [9.17, 15) is 9.59 Å². The third kappa shape index (κ3) is 7.13. The van der Waals surface area contributed by atoms with Crippen LogP contribution in [0.1, 0.15) is 6.42 Å². The molecule has 1 rings (SSSR count). The van der Waals surface area contributed by atoms with Crippen molar-refractivity contribution in [3.8, 4) is 0 Å². The molecule has 0 aliphatic carbocycles. The highest BCUT2D eigenvalue weighted by molar-refractivity contribution is 8.04. The van der Waals surface area contributed by atoms with Crippen LogP contribution >= 0.6 is 23.5 Å². The minimum absolute atomic E-state index is 0.182. The van der Waals surface area contributed by atoms with E-state index in [0.717, 1.165) is 5.75 Å². The molecule has 1 fully saturated rings. The first-order chi connectivity index (χ1) is 8.72. The van der Waals surface area contributed by atoms with Crippen LogP contribution in [0.4, 0.5) is 0 Å². The van der Waals surface area contributed by atoms with Gasteiger partial charge in [0.1, 0.15) is 0 Å². The van der Waals surface area contributed by atoms with E-state index in [1.165, 1.54) is 23.5 Å². The Morgan fingerprint density at radius 1 is 1.22 bits per heavy atom. The highest BCUT2D eigenvalue weighted by atomic mass is 32.2. The van der Waals surface area contributed by atoms with Crippen LogP contribution in [0.15, 0.2) is 0 Å². The molecule has 0 aromatic carbocycles. The number of methoxy groups -OCH3 is 1. The van der Waals surface area contributed by atoms with Crippen LogP contribution in [0, 0.1) is 0 Å². The van der Waals surface area contributed by atoms with Gasteiger partial charge in [-0.15, -0.1) is 23.5 Å². The zero-order valence-corrected chi connectivity index (χ0v) is 12.0. The number of thioether (sulfide) groups is 2. The molecule has 104 valence electrons. The summed E-state index contributed by atoms with van der Waals surface area (Å²) < 4.78 is 15.1. The Morgan fingerprint density at radius 3 is 2.56 bits per heavy atom. The average Bonchev–Trinajstić information content (AvgIpc) is 2.36. The van der Waals surface area contributed by atoms with Crippen LogP contribution in [0.2, 0.25) is 0 Å². The molecule has 0 spiro atoms. The number of ether oxygens (including phenoxy) is 3. The van der Waals surface area contributed by atoms with Gasteiger partial charge in [-0.3, -0.25) is 9.59 Å². The molecule has 0 bridgehead atoms. The van der Waals surface area contributed by atoms with Crippen molar-refractivity contribution >= 4 is 35.5 Å². The fourth-order valence-electron chi connectivity index (χ4n) is 1.30. The summed E-state index contributed by atoms with van der Waals surface area (Å²) in [6.07, 6.45) is 0.550. The van der Waals surface area contributed by atoms with E-state index >= 15 is 0 Å². The van der Waals surface area contributed by atoms with Crippen molar-refractivity contribution in [3.63, 3.8) is 0 Å². The maximum Gasteiger partial charge on any atom is 0.315 e. The van der Waals surface area contributed by atoms with Crippen molar-refractivity contribution in [3.05, 3.63) is 0 Å². The number of carbonyl (C=O) groups is 2. The van der Waals surface area contributed by atoms with Gasteiger partial charge in [0.15, 0.2) is 0 Å². The van der Waals surface area contributed by atoms with Crippen molar-refractivity contribution in [2.75, 3.05) is 44.2 Å². The quantitative estimate of drug-likeness (QED) is 0.703. The van der Waals surface area contributed by atoms with E-state index in [-0.39, 0.29) is 17.2 Å². The molecule has 0 aromatic heterocycles. The molecule has 1 saturated heterocycles. The van der Waals surface area contributed by atoms with Crippen molar-refractivity contribution in [1.29, 1.82) is 0 Å². The predicted molar refractivity (Wildman–Crippen MR) is 72.0 cm³/mol. The molecule has 0 N–H and O–H groups in total. The summed E-state index contributed by atoms with van der Waals surface area (Å²) in [5.74, 6) is 0.975. The summed E-state index contributed by atoms with van der Waals surface area (Å²) in [6, 6.07) is 0. The first-order valence-corrected chi connectivity index (χ1v) is 7.92. The standard InChI is InChI=1S/C11H18O5S2/c1-14-5-9-6-17-7-10(12)15-3-2-4-16-11(13)8-18-9/h9H,2-8H2,1H3. The molecule has 0 amide bonds. The smallest absolute Gasteiger partial charge is 0.315 e. The summed E-state index contributed by atoms with van der Waals surface area (Å²) >= 11 is 3.01. The lowest BCUT2D eigenvalue weighted by molar-refractivity contribution is -0.142. The molecule has 0 saturated carbocycles. The van der Waals surface area contributed by atoms with Crippen molar-refractivity contribution in [2.45, 2.75) is 11.7 Å². The van der Waals surface area contributed by atoms with Gasteiger partial charge in [-0.05, 0) is 0 Å². The van der Waals surface area contributed by atoms with E-state index in [1.807, 2.05) is 0 Å². The molecule has 18 heavy (non-hydrogen) atoms. The predicted octanol–water partition coefficient (Wildman–Crippen LogP) is 0.958. The molecular formula is C11H18O5S2. The molecule has 5 nitrogen and oxygen atoms in total. The maximum absolute atomic E-state index is 11.4. The van der Waals surface area contributed by atoms with E-state index in [1.54, 1.807) is 7.11 Å². The minimum atomic E-state index is -0.225. The van der Waals surface area contributed by atoms with Gasteiger partial charge in [0.05, 0.1) is 31.3 Å². The second-order valence-electron chi connectivity index (χ2n) is 3.70. The topological polar surface area (TPSA) is 61.8 Å². The molecule has 0 radical (unpaired) electrons. The van der Waals surface area contributed by atoms with Crippen LogP contribution in [0.5, 0.6) is 0 Å². The van der Waals surface area contributed by atoms with Crippen LogP contribution in [-0.4, -0.2) is 61.4 Å². The van der Waals surface area contributed by atoms with E-state index in [0.29, 0.717) is 37.7 Å². The molecular weight excluding hydrogens is 276 g/mol. The molecule has 1 atom stereocenters. The number of rotatable bonds is 2. The Labute approximate surface area is 115 Å². The lowest BCUT2D eigenvalue weighted by Crippen LogP contribution is -2.18. The minimum Gasteiger partial charge on any atom is -0.465 e. The van der Waals surface area contributed by atoms with Gasteiger partial charge >= 0.3 is 11.9 Å². The van der Waals surface area contributed by atoms with E-state index in [2.05, 4.69) is 0 Å². The highest BCUT2D eigenvalue weighted by Gasteiger charge is 2.15. The normalized spacial score (nSPS) is 24.2. The number of carbonyl (C=O) groups excluding carboxylic acids is 2. The van der Waals surface area contributed by atoms with Gasteiger partial charge in [-0.1, -0.05) is 0 Å². The Morgan fingerprint density at radius 2 is 1.89 bits per heavy atom. The zero-order chi connectivity index (χ0) is 13.2. The van der Waals surface area contributed by atoms with Crippen LogP contribution in [-0.2, 0) is 23.8 Å².